The normalized spacial score (nSPS) is 18.7. The number of rotatable bonds is 4. The highest BCUT2D eigenvalue weighted by Crippen LogP contribution is 2.49. The van der Waals surface area contributed by atoms with E-state index in [1.165, 1.54) is 48.5 Å². The van der Waals surface area contributed by atoms with Gasteiger partial charge in [0.15, 0.2) is 5.54 Å². The van der Waals surface area contributed by atoms with Gasteiger partial charge >= 0.3 is 5.92 Å². The monoisotopic (exact) mass is 363 g/mol. The van der Waals surface area contributed by atoms with E-state index >= 15 is 8.78 Å². The summed E-state index contributed by atoms with van der Waals surface area (Å²) >= 11 is 0. The summed E-state index contributed by atoms with van der Waals surface area (Å²) in [7, 11) is 0. The van der Waals surface area contributed by atoms with Crippen molar-refractivity contribution >= 4 is 11.7 Å². The molecule has 0 radical (unpaired) electrons. The van der Waals surface area contributed by atoms with Crippen LogP contribution in [0.5, 0.6) is 0 Å². The molecule has 0 saturated carbocycles. The van der Waals surface area contributed by atoms with Crippen LogP contribution in [-0.2, 0) is 5.54 Å². The number of carbonyl (C=O) groups is 2. The number of amides is 1. The van der Waals surface area contributed by atoms with Gasteiger partial charge in [0.1, 0.15) is 0 Å². The van der Waals surface area contributed by atoms with Crippen LogP contribution in [0.1, 0.15) is 31.8 Å². The molecule has 0 aromatic heterocycles. The number of carbonyl (C=O) groups excluding carboxylic acids is 2. The van der Waals surface area contributed by atoms with Crippen LogP contribution in [0.15, 0.2) is 84.9 Å². The third-order valence-corrected chi connectivity index (χ3v) is 4.88. The van der Waals surface area contributed by atoms with Gasteiger partial charge in [0.05, 0.1) is 0 Å². The standard InChI is InChI=1S/C22H15F2NO2/c23-22(24,19(26)15-9-3-1-4-10-15)21(16-11-5-2-6-12-16)18-14-8-7-13-17(18)20(27)25-21/h1-14H,(H,25,27). The van der Waals surface area contributed by atoms with Crippen molar-refractivity contribution in [1.29, 1.82) is 0 Å². The maximum absolute atomic E-state index is 15.8. The lowest BCUT2D eigenvalue weighted by Crippen LogP contribution is -2.58. The summed E-state index contributed by atoms with van der Waals surface area (Å²) in [6.07, 6.45) is 0. The average molecular weight is 363 g/mol. The second-order valence-corrected chi connectivity index (χ2v) is 6.39. The van der Waals surface area contributed by atoms with Crippen molar-refractivity contribution in [3.63, 3.8) is 0 Å². The minimum absolute atomic E-state index is 0.0930. The Hall–Kier alpha value is -3.34. The molecule has 1 aliphatic heterocycles. The van der Waals surface area contributed by atoms with Gasteiger partial charge in [-0.1, -0.05) is 78.9 Å². The maximum atomic E-state index is 15.8. The van der Waals surface area contributed by atoms with Crippen LogP contribution in [0.25, 0.3) is 0 Å². The van der Waals surface area contributed by atoms with Crippen molar-refractivity contribution in [2.45, 2.75) is 11.5 Å². The number of halogens is 2. The molecule has 0 fully saturated rings. The lowest BCUT2D eigenvalue weighted by atomic mass is 9.76. The molecule has 1 aliphatic rings. The van der Waals surface area contributed by atoms with E-state index in [9.17, 15) is 9.59 Å². The van der Waals surface area contributed by atoms with Crippen LogP contribution in [0, 0.1) is 0 Å². The van der Waals surface area contributed by atoms with E-state index in [2.05, 4.69) is 5.32 Å². The number of benzene rings is 3. The van der Waals surface area contributed by atoms with Gasteiger partial charge in [-0.15, -0.1) is 0 Å². The fourth-order valence-electron chi connectivity index (χ4n) is 3.60. The Morgan fingerprint density at radius 3 is 2.04 bits per heavy atom. The van der Waals surface area contributed by atoms with Gasteiger partial charge in [-0.25, -0.2) is 0 Å². The lowest BCUT2D eigenvalue weighted by molar-refractivity contribution is -0.0411. The van der Waals surface area contributed by atoms with Gasteiger partial charge in [-0.3, -0.25) is 9.59 Å². The fourth-order valence-corrected chi connectivity index (χ4v) is 3.60. The predicted octanol–water partition coefficient (Wildman–Crippen LogP) is 4.19. The predicted molar refractivity (Wildman–Crippen MR) is 96.8 cm³/mol. The van der Waals surface area contributed by atoms with Gasteiger partial charge in [0, 0.05) is 16.7 Å². The molecule has 27 heavy (non-hydrogen) atoms. The number of Topliss-reactive ketones (excluding diaryl/α,β-unsaturated/α-hetero) is 1. The van der Waals surface area contributed by atoms with E-state index < -0.39 is 23.2 Å². The van der Waals surface area contributed by atoms with E-state index in [4.69, 9.17) is 0 Å². The van der Waals surface area contributed by atoms with Gasteiger partial charge in [0.2, 0.25) is 5.78 Å². The number of alkyl halides is 2. The molecule has 134 valence electrons. The molecule has 1 atom stereocenters. The van der Waals surface area contributed by atoms with Crippen molar-refractivity contribution in [2.24, 2.45) is 0 Å². The van der Waals surface area contributed by atoms with Gasteiger partial charge in [-0.2, -0.15) is 8.78 Å². The minimum atomic E-state index is -3.90. The van der Waals surface area contributed by atoms with E-state index in [0.29, 0.717) is 0 Å². The number of hydrogen-bond donors (Lipinski definition) is 1. The molecule has 3 aromatic rings. The number of hydrogen-bond acceptors (Lipinski definition) is 2. The number of ketones is 1. The van der Waals surface area contributed by atoms with Gasteiger partial charge in [-0.05, 0) is 11.6 Å². The summed E-state index contributed by atoms with van der Waals surface area (Å²) in [6.45, 7) is 0. The molecule has 1 amide bonds. The van der Waals surface area contributed by atoms with Crippen LogP contribution in [-0.4, -0.2) is 17.6 Å². The molecular formula is C22H15F2NO2. The van der Waals surface area contributed by atoms with Crippen LogP contribution in [0.2, 0.25) is 0 Å². The van der Waals surface area contributed by atoms with Crippen LogP contribution in [0.3, 0.4) is 0 Å². The van der Waals surface area contributed by atoms with Gasteiger partial charge in [0.25, 0.3) is 5.91 Å². The van der Waals surface area contributed by atoms with Crippen molar-refractivity contribution in [3.05, 3.63) is 107 Å². The van der Waals surface area contributed by atoms with E-state index in [0.717, 1.165) is 0 Å². The van der Waals surface area contributed by atoms with E-state index in [-0.39, 0.29) is 22.3 Å². The van der Waals surface area contributed by atoms with Crippen molar-refractivity contribution in [1.82, 2.24) is 5.32 Å². The Balaban J connectivity index is 1.99. The molecule has 0 spiro atoms. The minimum Gasteiger partial charge on any atom is -0.333 e. The molecule has 3 nitrogen and oxygen atoms in total. The third kappa shape index (κ3) is 2.39. The van der Waals surface area contributed by atoms with E-state index in [1.54, 1.807) is 36.4 Å². The molecule has 5 heteroatoms. The van der Waals surface area contributed by atoms with E-state index in [1.807, 2.05) is 0 Å². The second kappa shape index (κ2) is 6.13. The van der Waals surface area contributed by atoms with Gasteiger partial charge < -0.3 is 5.32 Å². The zero-order chi connectivity index (χ0) is 19.1. The highest BCUT2D eigenvalue weighted by atomic mass is 19.3. The first-order valence-corrected chi connectivity index (χ1v) is 8.43. The molecule has 1 N–H and O–H groups in total. The zero-order valence-electron chi connectivity index (χ0n) is 14.2. The largest absolute Gasteiger partial charge is 0.340 e. The Morgan fingerprint density at radius 1 is 0.815 bits per heavy atom. The first kappa shape index (κ1) is 17.1. The molecular weight excluding hydrogens is 348 g/mol. The van der Waals surface area contributed by atoms with Crippen molar-refractivity contribution in [2.75, 3.05) is 0 Å². The lowest BCUT2D eigenvalue weighted by Gasteiger charge is -2.37. The highest BCUT2D eigenvalue weighted by molar-refractivity contribution is 6.07. The quantitative estimate of drug-likeness (QED) is 0.707. The topological polar surface area (TPSA) is 46.2 Å². The molecule has 0 aliphatic carbocycles. The summed E-state index contributed by atoms with van der Waals surface area (Å²) in [5, 5.41) is 2.43. The second-order valence-electron chi connectivity index (χ2n) is 6.39. The summed E-state index contributed by atoms with van der Waals surface area (Å²) in [6, 6.07) is 21.4. The Bertz CT molecular complexity index is 1020. The molecule has 1 heterocycles. The molecule has 3 aromatic carbocycles. The Labute approximate surface area is 154 Å². The molecule has 4 rings (SSSR count). The smallest absolute Gasteiger partial charge is 0.333 e. The average Bonchev–Trinajstić information content (AvgIpc) is 3.03. The number of fused-ring (bicyclic) bond motifs is 1. The first-order valence-electron chi connectivity index (χ1n) is 8.43. The van der Waals surface area contributed by atoms with Crippen LogP contribution < -0.4 is 5.32 Å². The van der Waals surface area contributed by atoms with Crippen LogP contribution in [0.4, 0.5) is 8.78 Å². The molecule has 0 bridgehead atoms. The fraction of sp³-hybridized carbons (Fsp3) is 0.0909. The van der Waals surface area contributed by atoms with Crippen molar-refractivity contribution < 1.29 is 18.4 Å². The number of nitrogens with one attached hydrogen (secondary N) is 1. The highest BCUT2D eigenvalue weighted by Gasteiger charge is 2.65. The molecule has 0 saturated heterocycles. The summed E-state index contributed by atoms with van der Waals surface area (Å²) in [5.41, 5.74) is -2.00. The third-order valence-electron chi connectivity index (χ3n) is 4.88. The summed E-state index contributed by atoms with van der Waals surface area (Å²) in [5.74, 6) is -5.88. The SMILES string of the molecule is O=C1NC(c2ccccc2)(C(F)(F)C(=O)c2ccccc2)c2ccccc21. The zero-order valence-corrected chi connectivity index (χ0v) is 14.2. The maximum Gasteiger partial charge on any atom is 0.340 e. The van der Waals surface area contributed by atoms with Crippen molar-refractivity contribution in [3.8, 4) is 0 Å². The molecule has 1 unspecified atom stereocenters. The summed E-state index contributed by atoms with van der Waals surface area (Å²) < 4.78 is 31.7. The first-order chi connectivity index (χ1) is 13.0. The Morgan fingerprint density at radius 2 is 1.37 bits per heavy atom. The Kier molecular flexibility index (Phi) is 3.88. The summed E-state index contributed by atoms with van der Waals surface area (Å²) in [4.78, 5) is 25.4. The van der Waals surface area contributed by atoms with Crippen LogP contribution >= 0.6 is 0 Å².